The van der Waals surface area contributed by atoms with Gasteiger partial charge in [-0.05, 0) is 38.5 Å². The molecule has 0 aliphatic carbocycles. The van der Waals surface area contributed by atoms with Gasteiger partial charge in [-0.1, -0.05) is 6.07 Å². The maximum atomic E-state index is 14.2. The number of nitrogens with two attached hydrogens (primary N) is 1. The van der Waals surface area contributed by atoms with Gasteiger partial charge in [-0.15, -0.1) is 0 Å². The SMILES string of the molecule is C[C@@H](N)c1ccc(N2CCNC(=O)C2(C)C)c(F)c1. The predicted molar refractivity (Wildman–Crippen MR) is 73.4 cm³/mol. The Morgan fingerprint density at radius 3 is 2.74 bits per heavy atom. The van der Waals surface area contributed by atoms with Gasteiger partial charge in [0.05, 0.1) is 5.69 Å². The van der Waals surface area contributed by atoms with E-state index in [9.17, 15) is 9.18 Å². The smallest absolute Gasteiger partial charge is 0.245 e. The molecule has 1 aliphatic rings. The first kappa shape index (κ1) is 13.8. The van der Waals surface area contributed by atoms with Crippen LogP contribution in [0.1, 0.15) is 32.4 Å². The van der Waals surface area contributed by atoms with Crippen molar-refractivity contribution in [2.45, 2.75) is 32.4 Å². The molecule has 1 amide bonds. The molecule has 2 rings (SSSR count). The number of carbonyl (C=O) groups excluding carboxylic acids is 1. The minimum Gasteiger partial charge on any atom is -0.353 e. The third-order valence-electron chi connectivity index (χ3n) is 3.64. The summed E-state index contributed by atoms with van der Waals surface area (Å²) in [7, 11) is 0. The number of nitrogens with zero attached hydrogens (tertiary/aromatic N) is 1. The standard InChI is InChI=1S/C14H20FN3O/c1-9(16)10-4-5-12(11(15)8-10)18-7-6-17-13(19)14(18,2)3/h4-5,8-9H,6-7,16H2,1-3H3,(H,17,19)/t9-/m1/s1. The number of anilines is 1. The molecular formula is C14H20FN3O. The van der Waals surface area contributed by atoms with Gasteiger partial charge in [0.1, 0.15) is 11.4 Å². The summed E-state index contributed by atoms with van der Waals surface area (Å²) in [5.74, 6) is -0.424. The van der Waals surface area contributed by atoms with E-state index in [-0.39, 0.29) is 17.8 Å². The molecule has 1 aromatic carbocycles. The molecule has 1 heterocycles. The average Bonchev–Trinajstić information content (AvgIpc) is 2.33. The Labute approximate surface area is 112 Å². The maximum Gasteiger partial charge on any atom is 0.245 e. The molecule has 0 spiro atoms. The molecule has 1 saturated heterocycles. The quantitative estimate of drug-likeness (QED) is 0.853. The van der Waals surface area contributed by atoms with Crippen molar-refractivity contribution in [1.82, 2.24) is 5.32 Å². The molecule has 0 radical (unpaired) electrons. The van der Waals surface area contributed by atoms with Crippen molar-refractivity contribution >= 4 is 11.6 Å². The molecular weight excluding hydrogens is 245 g/mol. The summed E-state index contributed by atoms with van der Waals surface area (Å²) in [6.07, 6.45) is 0. The van der Waals surface area contributed by atoms with Crippen LogP contribution in [-0.4, -0.2) is 24.5 Å². The zero-order valence-corrected chi connectivity index (χ0v) is 11.5. The van der Waals surface area contributed by atoms with Crippen LogP contribution < -0.4 is 16.0 Å². The van der Waals surface area contributed by atoms with Crippen molar-refractivity contribution < 1.29 is 9.18 Å². The van der Waals surface area contributed by atoms with Crippen LogP contribution in [-0.2, 0) is 4.79 Å². The zero-order chi connectivity index (χ0) is 14.2. The normalized spacial score (nSPS) is 20.1. The number of hydrogen-bond acceptors (Lipinski definition) is 3. The molecule has 4 nitrogen and oxygen atoms in total. The molecule has 1 atom stereocenters. The first-order valence-corrected chi connectivity index (χ1v) is 6.45. The van der Waals surface area contributed by atoms with Gasteiger partial charge >= 0.3 is 0 Å². The predicted octanol–water partition coefficient (Wildman–Crippen LogP) is 1.56. The maximum absolute atomic E-state index is 14.2. The largest absolute Gasteiger partial charge is 0.353 e. The van der Waals surface area contributed by atoms with Gasteiger partial charge in [0.15, 0.2) is 0 Å². The Morgan fingerprint density at radius 1 is 1.47 bits per heavy atom. The van der Waals surface area contributed by atoms with Gasteiger partial charge in [-0.25, -0.2) is 4.39 Å². The second-order valence-corrected chi connectivity index (χ2v) is 5.47. The number of hydrogen-bond donors (Lipinski definition) is 2. The van der Waals surface area contributed by atoms with Crippen LogP contribution in [0.4, 0.5) is 10.1 Å². The van der Waals surface area contributed by atoms with E-state index in [0.717, 1.165) is 5.56 Å². The Bertz CT molecular complexity index is 499. The summed E-state index contributed by atoms with van der Waals surface area (Å²) in [6, 6.07) is 4.75. The number of halogens is 1. The van der Waals surface area contributed by atoms with Gasteiger partial charge in [0, 0.05) is 19.1 Å². The highest BCUT2D eigenvalue weighted by molar-refractivity contribution is 5.90. The van der Waals surface area contributed by atoms with Gasteiger partial charge in [0.2, 0.25) is 5.91 Å². The fourth-order valence-electron chi connectivity index (χ4n) is 2.35. The minimum absolute atomic E-state index is 0.0885. The number of nitrogens with one attached hydrogen (secondary N) is 1. The molecule has 104 valence electrons. The van der Waals surface area contributed by atoms with E-state index in [4.69, 9.17) is 5.73 Å². The second kappa shape index (κ2) is 4.81. The third kappa shape index (κ3) is 2.42. The lowest BCUT2D eigenvalue weighted by Gasteiger charge is -2.43. The summed E-state index contributed by atoms with van der Waals surface area (Å²) in [6.45, 7) is 6.51. The summed E-state index contributed by atoms with van der Waals surface area (Å²) in [5.41, 5.74) is 6.19. The number of amides is 1. The van der Waals surface area contributed by atoms with Crippen LogP contribution in [0, 0.1) is 5.82 Å². The van der Waals surface area contributed by atoms with Crippen LogP contribution in [0.2, 0.25) is 0 Å². The van der Waals surface area contributed by atoms with Gasteiger partial charge in [-0.3, -0.25) is 4.79 Å². The van der Waals surface area contributed by atoms with E-state index in [2.05, 4.69) is 5.32 Å². The average molecular weight is 265 g/mol. The Hall–Kier alpha value is -1.62. The lowest BCUT2D eigenvalue weighted by Crippen LogP contribution is -2.62. The minimum atomic E-state index is -0.755. The van der Waals surface area contributed by atoms with Crippen molar-refractivity contribution in [2.24, 2.45) is 5.73 Å². The number of benzene rings is 1. The Morgan fingerprint density at radius 2 is 2.16 bits per heavy atom. The zero-order valence-electron chi connectivity index (χ0n) is 11.5. The van der Waals surface area contributed by atoms with E-state index >= 15 is 0 Å². The van der Waals surface area contributed by atoms with Crippen molar-refractivity contribution in [3.8, 4) is 0 Å². The summed E-state index contributed by atoms with van der Waals surface area (Å²) in [4.78, 5) is 13.7. The molecule has 5 heteroatoms. The molecule has 19 heavy (non-hydrogen) atoms. The number of carbonyl (C=O) groups is 1. The molecule has 1 fully saturated rings. The van der Waals surface area contributed by atoms with Crippen LogP contribution in [0.25, 0.3) is 0 Å². The van der Waals surface area contributed by atoms with E-state index in [0.29, 0.717) is 18.8 Å². The summed E-state index contributed by atoms with van der Waals surface area (Å²) >= 11 is 0. The first-order chi connectivity index (χ1) is 8.84. The third-order valence-corrected chi connectivity index (χ3v) is 3.64. The monoisotopic (exact) mass is 265 g/mol. The van der Waals surface area contributed by atoms with Crippen LogP contribution in [0.5, 0.6) is 0 Å². The van der Waals surface area contributed by atoms with Crippen LogP contribution in [0.3, 0.4) is 0 Å². The number of piperazine rings is 1. The Balaban J connectivity index is 2.38. The Kier molecular flexibility index (Phi) is 3.49. The molecule has 0 saturated carbocycles. The first-order valence-electron chi connectivity index (χ1n) is 6.45. The fraction of sp³-hybridized carbons (Fsp3) is 0.500. The lowest BCUT2D eigenvalue weighted by atomic mass is 9.97. The highest BCUT2D eigenvalue weighted by atomic mass is 19.1. The lowest BCUT2D eigenvalue weighted by molar-refractivity contribution is -0.126. The highest BCUT2D eigenvalue weighted by Crippen LogP contribution is 2.29. The van der Waals surface area contributed by atoms with E-state index in [1.54, 1.807) is 24.8 Å². The van der Waals surface area contributed by atoms with Crippen molar-refractivity contribution in [3.05, 3.63) is 29.6 Å². The molecule has 0 bridgehead atoms. The number of rotatable bonds is 2. The summed E-state index contributed by atoms with van der Waals surface area (Å²) < 4.78 is 14.2. The summed E-state index contributed by atoms with van der Waals surface area (Å²) in [5, 5.41) is 2.80. The highest BCUT2D eigenvalue weighted by Gasteiger charge is 2.38. The van der Waals surface area contributed by atoms with Gasteiger partial charge in [0.25, 0.3) is 0 Å². The molecule has 1 aromatic rings. The van der Waals surface area contributed by atoms with Crippen LogP contribution >= 0.6 is 0 Å². The fourth-order valence-corrected chi connectivity index (χ4v) is 2.35. The van der Waals surface area contributed by atoms with E-state index in [1.165, 1.54) is 6.07 Å². The van der Waals surface area contributed by atoms with Gasteiger partial charge < -0.3 is 16.0 Å². The molecule has 0 unspecified atom stereocenters. The van der Waals surface area contributed by atoms with E-state index in [1.807, 2.05) is 13.0 Å². The van der Waals surface area contributed by atoms with Crippen molar-refractivity contribution in [2.75, 3.05) is 18.0 Å². The van der Waals surface area contributed by atoms with Crippen LogP contribution in [0.15, 0.2) is 18.2 Å². The molecule has 1 aliphatic heterocycles. The van der Waals surface area contributed by atoms with Gasteiger partial charge in [-0.2, -0.15) is 0 Å². The van der Waals surface area contributed by atoms with Crippen molar-refractivity contribution in [3.63, 3.8) is 0 Å². The molecule has 3 N–H and O–H groups in total. The second-order valence-electron chi connectivity index (χ2n) is 5.47. The molecule has 0 aromatic heterocycles. The topological polar surface area (TPSA) is 58.4 Å². The van der Waals surface area contributed by atoms with E-state index < -0.39 is 5.54 Å². The van der Waals surface area contributed by atoms with Crippen molar-refractivity contribution in [1.29, 1.82) is 0 Å².